The number of nitrogens with zero attached hydrogens (tertiary/aromatic N) is 2. The average molecular weight is 677 g/mol. The van der Waals surface area contributed by atoms with Gasteiger partial charge < -0.3 is 10.2 Å². The molecule has 7 nitrogen and oxygen atoms in total. The number of aryl methyl sites for hydroxylation is 1. The molecule has 0 aliphatic carbocycles. The number of carbonyl (C=O) groups is 2. The summed E-state index contributed by atoms with van der Waals surface area (Å²) in [6, 6.07) is 31.3. The zero-order valence-electron chi connectivity index (χ0n) is 25.0. The summed E-state index contributed by atoms with van der Waals surface area (Å²) in [7, 11) is -4.13. The molecule has 0 saturated carbocycles. The molecule has 4 rings (SSSR count). The first-order chi connectivity index (χ1) is 21.2. The van der Waals surface area contributed by atoms with Gasteiger partial charge in [0, 0.05) is 24.0 Å². The van der Waals surface area contributed by atoms with Crippen LogP contribution in [0, 0.1) is 6.92 Å². The quantitative estimate of drug-likeness (QED) is 0.154. The maximum Gasteiger partial charge on any atom is 0.264 e. The van der Waals surface area contributed by atoms with Crippen molar-refractivity contribution in [3.8, 4) is 0 Å². The molecule has 0 aliphatic rings. The van der Waals surface area contributed by atoms with Crippen molar-refractivity contribution in [2.75, 3.05) is 17.4 Å². The molecule has 4 aromatic carbocycles. The van der Waals surface area contributed by atoms with Crippen molar-refractivity contribution >= 4 is 43.5 Å². The number of sulfonamides is 1. The van der Waals surface area contributed by atoms with E-state index in [2.05, 4.69) is 21.2 Å². The zero-order valence-corrected chi connectivity index (χ0v) is 27.4. The summed E-state index contributed by atoms with van der Waals surface area (Å²) in [6.45, 7) is 4.15. The minimum absolute atomic E-state index is 0.0686. The van der Waals surface area contributed by atoms with Gasteiger partial charge >= 0.3 is 0 Å². The Kier molecular flexibility index (Phi) is 11.7. The highest BCUT2D eigenvalue weighted by molar-refractivity contribution is 9.10. The summed E-state index contributed by atoms with van der Waals surface area (Å²) in [4.78, 5) is 29.8. The van der Waals surface area contributed by atoms with Crippen LogP contribution >= 0.6 is 15.9 Å². The first kappa shape index (κ1) is 33.0. The smallest absolute Gasteiger partial charge is 0.264 e. The van der Waals surface area contributed by atoms with Gasteiger partial charge in [0.15, 0.2) is 0 Å². The third-order valence-electron chi connectivity index (χ3n) is 7.26. The van der Waals surface area contributed by atoms with Gasteiger partial charge in [0.05, 0.1) is 10.6 Å². The Labute approximate surface area is 269 Å². The van der Waals surface area contributed by atoms with Crippen molar-refractivity contribution in [3.05, 3.63) is 130 Å². The molecule has 0 fully saturated rings. The summed E-state index contributed by atoms with van der Waals surface area (Å²) in [6.07, 6.45) is 2.00. The molecular formula is C35H38BrN3O4S. The molecule has 0 radical (unpaired) electrons. The monoisotopic (exact) mass is 675 g/mol. The van der Waals surface area contributed by atoms with E-state index in [0.29, 0.717) is 12.2 Å². The zero-order chi connectivity index (χ0) is 31.5. The van der Waals surface area contributed by atoms with E-state index in [1.807, 2.05) is 68.4 Å². The molecule has 2 amide bonds. The number of nitrogens with one attached hydrogen (secondary N) is 1. The Morgan fingerprint density at radius 1 is 0.841 bits per heavy atom. The second kappa shape index (κ2) is 15.7. The van der Waals surface area contributed by atoms with Gasteiger partial charge in [-0.25, -0.2) is 8.42 Å². The first-order valence-corrected chi connectivity index (χ1v) is 16.9. The SMILES string of the molecule is CCCCNC(=O)[C@@H](Cc1ccccc1)N(Cc1cccc(C)c1)C(=O)CN(c1ccc(Br)cc1)S(=O)(=O)c1ccccc1. The number of rotatable bonds is 14. The molecule has 0 spiro atoms. The topological polar surface area (TPSA) is 86.8 Å². The second-order valence-electron chi connectivity index (χ2n) is 10.7. The van der Waals surface area contributed by atoms with Gasteiger partial charge in [-0.15, -0.1) is 0 Å². The third-order valence-corrected chi connectivity index (χ3v) is 9.58. The molecule has 0 aliphatic heterocycles. The molecule has 4 aromatic rings. The Bertz CT molecular complexity index is 1630. The molecule has 0 saturated heterocycles. The van der Waals surface area contributed by atoms with Gasteiger partial charge in [-0.3, -0.25) is 13.9 Å². The van der Waals surface area contributed by atoms with Crippen LogP contribution in [0.4, 0.5) is 5.69 Å². The van der Waals surface area contributed by atoms with E-state index in [1.54, 1.807) is 42.5 Å². The highest BCUT2D eigenvalue weighted by atomic mass is 79.9. The highest BCUT2D eigenvalue weighted by Crippen LogP contribution is 2.26. The molecule has 9 heteroatoms. The van der Waals surface area contributed by atoms with Crippen LogP contribution in [0.2, 0.25) is 0 Å². The number of benzene rings is 4. The van der Waals surface area contributed by atoms with Crippen LogP contribution in [-0.4, -0.2) is 44.3 Å². The fourth-order valence-corrected chi connectivity index (χ4v) is 6.62. The van der Waals surface area contributed by atoms with Crippen molar-refractivity contribution in [1.29, 1.82) is 0 Å². The van der Waals surface area contributed by atoms with E-state index in [4.69, 9.17) is 0 Å². The van der Waals surface area contributed by atoms with Gasteiger partial charge in [-0.2, -0.15) is 0 Å². The van der Waals surface area contributed by atoms with E-state index in [1.165, 1.54) is 17.0 Å². The van der Waals surface area contributed by atoms with Gasteiger partial charge in [-0.05, 0) is 60.9 Å². The highest BCUT2D eigenvalue weighted by Gasteiger charge is 2.34. The molecule has 44 heavy (non-hydrogen) atoms. The van der Waals surface area contributed by atoms with Crippen molar-refractivity contribution < 1.29 is 18.0 Å². The lowest BCUT2D eigenvalue weighted by Gasteiger charge is -2.34. The summed E-state index contributed by atoms with van der Waals surface area (Å²) < 4.78 is 29.9. The molecule has 0 unspecified atom stereocenters. The maximum absolute atomic E-state index is 14.5. The van der Waals surface area contributed by atoms with E-state index < -0.39 is 28.5 Å². The summed E-state index contributed by atoms with van der Waals surface area (Å²) >= 11 is 3.41. The molecular weight excluding hydrogens is 638 g/mol. The van der Waals surface area contributed by atoms with Crippen molar-refractivity contribution in [3.63, 3.8) is 0 Å². The average Bonchev–Trinajstić information content (AvgIpc) is 3.03. The fraction of sp³-hybridized carbons (Fsp3) is 0.257. The largest absolute Gasteiger partial charge is 0.354 e. The number of halogens is 1. The van der Waals surface area contributed by atoms with E-state index in [-0.39, 0.29) is 23.8 Å². The number of hydrogen-bond donors (Lipinski definition) is 1. The van der Waals surface area contributed by atoms with Crippen LogP contribution in [0.25, 0.3) is 0 Å². The van der Waals surface area contributed by atoms with E-state index in [0.717, 1.165) is 38.3 Å². The minimum atomic E-state index is -4.13. The fourth-order valence-electron chi connectivity index (χ4n) is 4.92. The Morgan fingerprint density at radius 2 is 1.48 bits per heavy atom. The van der Waals surface area contributed by atoms with Crippen molar-refractivity contribution in [1.82, 2.24) is 10.2 Å². The Balaban J connectivity index is 1.78. The predicted octanol–water partition coefficient (Wildman–Crippen LogP) is 6.51. The first-order valence-electron chi connectivity index (χ1n) is 14.7. The van der Waals surface area contributed by atoms with E-state index in [9.17, 15) is 18.0 Å². The lowest BCUT2D eigenvalue weighted by Crippen LogP contribution is -2.53. The molecule has 0 heterocycles. The Morgan fingerprint density at radius 3 is 2.11 bits per heavy atom. The molecule has 0 aromatic heterocycles. The number of hydrogen-bond acceptors (Lipinski definition) is 4. The normalized spacial score (nSPS) is 11.9. The minimum Gasteiger partial charge on any atom is -0.354 e. The van der Waals surface area contributed by atoms with Crippen LogP contribution in [0.15, 0.2) is 119 Å². The van der Waals surface area contributed by atoms with Crippen LogP contribution in [0.5, 0.6) is 0 Å². The molecule has 0 bridgehead atoms. The van der Waals surface area contributed by atoms with Gasteiger partial charge in [0.1, 0.15) is 12.6 Å². The summed E-state index contributed by atoms with van der Waals surface area (Å²) in [5.41, 5.74) is 3.10. The molecule has 1 atom stereocenters. The number of carbonyl (C=O) groups excluding carboxylic acids is 2. The number of unbranched alkanes of at least 4 members (excludes halogenated alkanes) is 1. The summed E-state index contributed by atoms with van der Waals surface area (Å²) in [5, 5.41) is 3.01. The maximum atomic E-state index is 14.5. The second-order valence-corrected chi connectivity index (χ2v) is 13.4. The molecule has 230 valence electrons. The summed E-state index contributed by atoms with van der Waals surface area (Å²) in [5.74, 6) is -0.759. The van der Waals surface area contributed by atoms with E-state index >= 15 is 0 Å². The van der Waals surface area contributed by atoms with Crippen LogP contribution in [0.3, 0.4) is 0 Å². The van der Waals surface area contributed by atoms with Crippen molar-refractivity contribution in [2.45, 2.75) is 50.6 Å². The standard InChI is InChI=1S/C35H38BrN3O4S/c1-3-4-22-37-35(41)33(24-28-13-7-5-8-14-28)38(25-29-15-11-12-27(2)23-29)34(40)26-39(31-20-18-30(36)19-21-31)44(42,43)32-16-9-6-10-17-32/h5-21,23,33H,3-4,22,24-26H2,1-2H3,(H,37,41)/t33-/m1/s1. The Hall–Kier alpha value is -3.95. The van der Waals surface area contributed by atoms with Gasteiger partial charge in [0.2, 0.25) is 11.8 Å². The lowest BCUT2D eigenvalue weighted by molar-refractivity contribution is -0.140. The van der Waals surface area contributed by atoms with Gasteiger partial charge in [0.25, 0.3) is 10.0 Å². The van der Waals surface area contributed by atoms with Crippen LogP contribution in [0.1, 0.15) is 36.5 Å². The van der Waals surface area contributed by atoms with Gasteiger partial charge in [-0.1, -0.05) is 108 Å². The predicted molar refractivity (Wildman–Crippen MR) is 179 cm³/mol. The molecule has 1 N–H and O–H groups in total. The lowest BCUT2D eigenvalue weighted by atomic mass is 10.0. The third kappa shape index (κ3) is 8.80. The number of anilines is 1. The van der Waals surface area contributed by atoms with Crippen LogP contribution < -0.4 is 9.62 Å². The van der Waals surface area contributed by atoms with Crippen LogP contribution in [-0.2, 0) is 32.6 Å². The number of amides is 2. The van der Waals surface area contributed by atoms with Crippen molar-refractivity contribution in [2.24, 2.45) is 0 Å².